The van der Waals surface area contributed by atoms with Crippen LogP contribution in [0.3, 0.4) is 0 Å². The van der Waals surface area contributed by atoms with Crippen molar-refractivity contribution in [1.82, 2.24) is 10.2 Å². The number of likely N-dealkylation sites (tertiary alicyclic amines) is 1. The van der Waals surface area contributed by atoms with Gasteiger partial charge >= 0.3 is 0 Å². The van der Waals surface area contributed by atoms with E-state index in [-0.39, 0.29) is 12.3 Å². The lowest BCUT2D eigenvalue weighted by Crippen LogP contribution is -2.63. The van der Waals surface area contributed by atoms with Crippen LogP contribution in [-0.4, -0.2) is 48.6 Å². The number of hydrogen-bond donors (Lipinski definition) is 3. The molecular weight excluding hydrogens is 453 g/mol. The van der Waals surface area contributed by atoms with Gasteiger partial charge in [-0.15, -0.1) is 0 Å². The van der Waals surface area contributed by atoms with Crippen LogP contribution in [-0.2, 0) is 16.8 Å². The molecule has 0 aromatic heterocycles. The Labute approximate surface area is 215 Å². The molecule has 5 nitrogen and oxygen atoms in total. The highest BCUT2D eigenvalue weighted by molar-refractivity contribution is 5.86. The number of hydrogen-bond acceptors (Lipinski definition) is 4. The average molecular weight is 495 g/mol. The molecule has 0 saturated carbocycles. The molecule has 0 spiro atoms. The molecule has 0 aliphatic carbocycles. The summed E-state index contributed by atoms with van der Waals surface area (Å²) in [6.45, 7) is 9.16. The summed E-state index contributed by atoms with van der Waals surface area (Å²) in [6, 6.07) is 12.7. The summed E-state index contributed by atoms with van der Waals surface area (Å²) >= 11 is 0. The number of aryl methyl sites for hydroxylation is 1. The van der Waals surface area contributed by atoms with Gasteiger partial charge in [-0.1, -0.05) is 56.7 Å². The van der Waals surface area contributed by atoms with Gasteiger partial charge in [0.05, 0.1) is 5.41 Å². The average Bonchev–Trinajstić information content (AvgIpc) is 2.93. The Morgan fingerprint density at radius 1 is 1.28 bits per heavy atom. The minimum absolute atomic E-state index is 0.0429. The molecule has 195 valence electrons. The predicted octanol–water partition coefficient (Wildman–Crippen LogP) is 4.42. The van der Waals surface area contributed by atoms with Crippen molar-refractivity contribution in [3.63, 3.8) is 0 Å². The Morgan fingerprint density at radius 3 is 2.67 bits per heavy atom. The van der Waals surface area contributed by atoms with E-state index in [1.165, 1.54) is 6.07 Å². The zero-order valence-corrected chi connectivity index (χ0v) is 21.6. The molecule has 36 heavy (non-hydrogen) atoms. The lowest BCUT2D eigenvalue weighted by Gasteiger charge is -2.51. The molecule has 2 fully saturated rings. The molecule has 4 rings (SSSR count). The highest BCUT2D eigenvalue weighted by Crippen LogP contribution is 2.52. The van der Waals surface area contributed by atoms with Crippen LogP contribution in [0, 0.1) is 24.1 Å². The number of nitrogens with two attached hydrogens (primary N) is 1. The van der Waals surface area contributed by atoms with Gasteiger partial charge in [0, 0.05) is 25.2 Å². The second kappa shape index (κ2) is 11.4. The predicted molar refractivity (Wildman–Crippen MR) is 143 cm³/mol. The standard InChI is InChI=1S/C30H41FN3O2/c1-3-14-30(36,25-10-6-11-26(31)27(25)24-9-5-8-22(4-2)19-24)29(15-7-16-33-21-29)28(35)34-17-12-23(20-32)13-18-34/h5-6,8-11,19,23,33,36H,1,3-4,7,12-18,20-21,32H2,2H3/t29-,30-/m0/s1. The maximum absolute atomic E-state index is 15.6. The Bertz CT molecular complexity index is 1040. The summed E-state index contributed by atoms with van der Waals surface area (Å²) in [4.78, 5) is 16.3. The van der Waals surface area contributed by atoms with E-state index in [9.17, 15) is 9.90 Å². The number of benzene rings is 2. The maximum atomic E-state index is 15.6. The molecule has 2 aromatic rings. The monoisotopic (exact) mass is 494 g/mol. The van der Waals surface area contributed by atoms with Crippen LogP contribution < -0.4 is 11.1 Å². The molecule has 2 heterocycles. The zero-order chi connectivity index (χ0) is 25.8. The molecule has 2 atom stereocenters. The van der Waals surface area contributed by atoms with Gasteiger partial charge in [0.25, 0.3) is 0 Å². The summed E-state index contributed by atoms with van der Waals surface area (Å²) in [7, 11) is 0. The van der Waals surface area contributed by atoms with Crippen molar-refractivity contribution in [2.75, 3.05) is 32.7 Å². The first-order chi connectivity index (χ1) is 17.4. The molecule has 1 amide bonds. The number of aliphatic hydroxyl groups is 1. The largest absolute Gasteiger partial charge is 0.384 e. The van der Waals surface area contributed by atoms with Crippen LogP contribution in [0.15, 0.2) is 42.5 Å². The fraction of sp³-hybridized carbons (Fsp3) is 0.533. The molecular formula is C30H41FN3O2. The Balaban J connectivity index is 1.86. The number of halogens is 1. The summed E-state index contributed by atoms with van der Waals surface area (Å²) in [5.41, 5.74) is 5.87. The smallest absolute Gasteiger partial charge is 0.233 e. The van der Waals surface area contributed by atoms with Gasteiger partial charge in [-0.05, 0) is 80.3 Å². The molecule has 0 bridgehead atoms. The summed E-state index contributed by atoms with van der Waals surface area (Å²) in [5.74, 6) is -0.00844. The van der Waals surface area contributed by atoms with Crippen LogP contribution in [0.1, 0.15) is 56.6 Å². The van der Waals surface area contributed by atoms with E-state index in [2.05, 4.69) is 19.2 Å². The van der Waals surface area contributed by atoms with Gasteiger partial charge in [-0.2, -0.15) is 0 Å². The van der Waals surface area contributed by atoms with Gasteiger partial charge in [0.2, 0.25) is 5.91 Å². The minimum atomic E-state index is -1.58. The van der Waals surface area contributed by atoms with E-state index in [0.29, 0.717) is 56.1 Å². The van der Waals surface area contributed by atoms with Crippen molar-refractivity contribution >= 4 is 5.91 Å². The van der Waals surface area contributed by atoms with Crippen molar-refractivity contribution in [2.45, 2.75) is 57.5 Å². The Morgan fingerprint density at radius 2 is 2.03 bits per heavy atom. The number of nitrogens with zero attached hydrogens (tertiary/aromatic N) is 1. The number of rotatable bonds is 8. The van der Waals surface area contributed by atoms with Gasteiger partial charge in [-0.25, -0.2) is 4.39 Å². The van der Waals surface area contributed by atoms with Crippen molar-refractivity contribution in [1.29, 1.82) is 0 Å². The molecule has 2 saturated heterocycles. The first-order valence-electron chi connectivity index (χ1n) is 13.5. The summed E-state index contributed by atoms with van der Waals surface area (Å²) in [6.07, 6.45) is 4.56. The minimum Gasteiger partial charge on any atom is -0.384 e. The summed E-state index contributed by atoms with van der Waals surface area (Å²) < 4.78 is 15.6. The van der Waals surface area contributed by atoms with Crippen LogP contribution >= 0.6 is 0 Å². The second-order valence-electron chi connectivity index (χ2n) is 10.5. The first-order valence-corrected chi connectivity index (χ1v) is 13.5. The maximum Gasteiger partial charge on any atom is 0.233 e. The highest BCUT2D eigenvalue weighted by atomic mass is 19.1. The van der Waals surface area contributed by atoms with Gasteiger partial charge < -0.3 is 21.1 Å². The third-order valence-electron chi connectivity index (χ3n) is 8.44. The molecule has 0 unspecified atom stereocenters. The Hall–Kier alpha value is -2.28. The van der Waals surface area contributed by atoms with E-state index < -0.39 is 16.8 Å². The number of carbonyl (C=O) groups is 1. The fourth-order valence-electron chi connectivity index (χ4n) is 6.29. The number of carbonyl (C=O) groups excluding carboxylic acids is 1. The van der Waals surface area contributed by atoms with Crippen molar-refractivity contribution in [3.05, 3.63) is 66.3 Å². The number of piperidine rings is 2. The molecule has 6 heteroatoms. The molecule has 2 aliphatic heterocycles. The van der Waals surface area contributed by atoms with Gasteiger partial charge in [0.1, 0.15) is 11.4 Å². The first kappa shape index (κ1) is 26.8. The molecule has 2 aliphatic rings. The van der Waals surface area contributed by atoms with Crippen LogP contribution in [0.4, 0.5) is 4.39 Å². The van der Waals surface area contributed by atoms with Gasteiger partial charge in [0.15, 0.2) is 0 Å². The van der Waals surface area contributed by atoms with E-state index in [1.807, 2.05) is 29.2 Å². The zero-order valence-electron chi connectivity index (χ0n) is 21.6. The highest BCUT2D eigenvalue weighted by Gasteiger charge is 2.58. The second-order valence-corrected chi connectivity index (χ2v) is 10.5. The van der Waals surface area contributed by atoms with E-state index >= 15 is 4.39 Å². The van der Waals surface area contributed by atoms with Crippen molar-refractivity contribution in [3.8, 4) is 11.1 Å². The van der Waals surface area contributed by atoms with E-state index in [1.54, 1.807) is 12.1 Å². The molecule has 2 aromatic carbocycles. The van der Waals surface area contributed by atoms with Crippen molar-refractivity contribution in [2.24, 2.45) is 17.1 Å². The topological polar surface area (TPSA) is 78.6 Å². The van der Waals surface area contributed by atoms with Crippen LogP contribution in [0.5, 0.6) is 0 Å². The number of amides is 1. The van der Waals surface area contributed by atoms with Crippen molar-refractivity contribution < 1.29 is 14.3 Å². The normalized spacial score (nSPS) is 22.9. The van der Waals surface area contributed by atoms with E-state index in [4.69, 9.17) is 5.73 Å². The quantitative estimate of drug-likeness (QED) is 0.508. The van der Waals surface area contributed by atoms with Crippen LogP contribution in [0.25, 0.3) is 11.1 Å². The SMILES string of the molecule is [CH2]CC[C@](O)(c1cccc(F)c1-c1cccc(CC)c1)[C@@]1(C(=O)N2CCC(CN)CC2)CCCNC1. The lowest BCUT2D eigenvalue weighted by molar-refractivity contribution is -0.171. The number of nitrogens with one attached hydrogen (secondary N) is 1. The van der Waals surface area contributed by atoms with Gasteiger partial charge in [-0.3, -0.25) is 4.79 Å². The third-order valence-corrected chi connectivity index (χ3v) is 8.44. The third kappa shape index (κ3) is 4.83. The summed E-state index contributed by atoms with van der Waals surface area (Å²) in [5, 5.41) is 16.1. The van der Waals surface area contributed by atoms with Crippen LogP contribution in [0.2, 0.25) is 0 Å². The molecule has 1 radical (unpaired) electrons. The lowest BCUT2D eigenvalue weighted by atomic mass is 9.60. The Kier molecular flexibility index (Phi) is 8.48. The van der Waals surface area contributed by atoms with E-state index in [0.717, 1.165) is 43.4 Å². The molecule has 4 N–H and O–H groups in total. The fourth-order valence-corrected chi connectivity index (χ4v) is 6.29.